The lowest BCUT2D eigenvalue weighted by molar-refractivity contribution is 0.0938. The van der Waals surface area contributed by atoms with Crippen LogP contribution in [0.15, 0.2) is 24.4 Å². The van der Waals surface area contributed by atoms with E-state index < -0.39 is 0 Å². The molecule has 144 valence electrons. The molecule has 1 aromatic heterocycles. The molecular formula is C20H24Cl2N4O. The van der Waals surface area contributed by atoms with Crippen molar-refractivity contribution < 1.29 is 4.79 Å². The van der Waals surface area contributed by atoms with E-state index in [-0.39, 0.29) is 5.91 Å². The van der Waals surface area contributed by atoms with Crippen molar-refractivity contribution in [1.82, 2.24) is 20.0 Å². The minimum absolute atomic E-state index is 0.0655. The molecule has 2 fully saturated rings. The molecule has 4 rings (SSSR count). The summed E-state index contributed by atoms with van der Waals surface area (Å²) in [4.78, 5) is 15.2. The smallest absolute Gasteiger partial charge is 0.254 e. The van der Waals surface area contributed by atoms with Gasteiger partial charge in [-0.25, -0.2) is 4.68 Å². The summed E-state index contributed by atoms with van der Waals surface area (Å²) in [6, 6.07) is 6.32. The van der Waals surface area contributed by atoms with Crippen LogP contribution in [0.2, 0.25) is 10.0 Å². The van der Waals surface area contributed by atoms with Crippen molar-refractivity contribution in [3.63, 3.8) is 0 Å². The van der Waals surface area contributed by atoms with Gasteiger partial charge < -0.3 is 5.32 Å². The van der Waals surface area contributed by atoms with Crippen molar-refractivity contribution in [2.24, 2.45) is 0 Å². The molecule has 5 nitrogen and oxygen atoms in total. The number of nitrogens with zero attached hydrogens (tertiary/aromatic N) is 3. The molecule has 2 aromatic rings. The minimum Gasteiger partial charge on any atom is -0.350 e. The highest BCUT2D eigenvalue weighted by Gasteiger charge is 2.34. The lowest BCUT2D eigenvalue weighted by atomic mass is 10.1. The maximum Gasteiger partial charge on any atom is 0.254 e. The van der Waals surface area contributed by atoms with Gasteiger partial charge in [-0.1, -0.05) is 23.2 Å². The van der Waals surface area contributed by atoms with Gasteiger partial charge in [-0.15, -0.1) is 0 Å². The first-order chi connectivity index (χ1) is 13.0. The molecule has 2 aliphatic carbocycles. The second-order valence-corrected chi connectivity index (χ2v) is 8.52. The first-order valence-electron chi connectivity index (χ1n) is 9.49. The average Bonchev–Trinajstić information content (AvgIpc) is 3.56. The Hall–Kier alpha value is -1.56. The minimum atomic E-state index is -0.0655. The van der Waals surface area contributed by atoms with Crippen molar-refractivity contribution in [2.45, 2.75) is 50.6 Å². The van der Waals surface area contributed by atoms with Crippen molar-refractivity contribution in [1.29, 1.82) is 0 Å². The third kappa shape index (κ3) is 4.00. The largest absolute Gasteiger partial charge is 0.350 e. The number of halogens is 2. The van der Waals surface area contributed by atoms with E-state index in [4.69, 9.17) is 23.2 Å². The predicted molar refractivity (Wildman–Crippen MR) is 108 cm³/mol. The van der Waals surface area contributed by atoms with E-state index in [0.717, 1.165) is 24.2 Å². The summed E-state index contributed by atoms with van der Waals surface area (Å²) in [5.74, 6) is 0.288. The molecule has 1 N–H and O–H groups in total. The van der Waals surface area contributed by atoms with E-state index in [9.17, 15) is 4.79 Å². The van der Waals surface area contributed by atoms with Gasteiger partial charge in [-0.05, 0) is 57.9 Å². The Kier molecular flexibility index (Phi) is 5.19. The number of aromatic nitrogens is 2. The van der Waals surface area contributed by atoms with Gasteiger partial charge in [-0.2, -0.15) is 5.10 Å². The van der Waals surface area contributed by atoms with Gasteiger partial charge in [0.1, 0.15) is 0 Å². The molecule has 1 heterocycles. The Morgan fingerprint density at radius 1 is 1.33 bits per heavy atom. The number of benzene rings is 1. The summed E-state index contributed by atoms with van der Waals surface area (Å²) in [7, 11) is 2.13. The number of nitrogens with one attached hydrogen (secondary N) is 1. The van der Waals surface area contributed by atoms with Crippen molar-refractivity contribution in [3.05, 3.63) is 45.7 Å². The standard InChI is InChI=1S/C20H24Cl2N4O/c1-12(25(2)15-6-7-15)10-23-20(27)16-11-24-26(19(16)13-3-4-13)18-8-5-14(21)9-17(18)22/h5,8-9,11-13,15H,3-4,6-7,10H2,1-2H3,(H,23,27). The van der Waals surface area contributed by atoms with Gasteiger partial charge in [0, 0.05) is 29.6 Å². The van der Waals surface area contributed by atoms with Gasteiger partial charge in [0.05, 0.1) is 28.2 Å². The zero-order valence-corrected chi connectivity index (χ0v) is 17.1. The summed E-state index contributed by atoms with van der Waals surface area (Å²) in [5.41, 5.74) is 2.34. The molecule has 1 atom stereocenters. The van der Waals surface area contributed by atoms with E-state index in [2.05, 4.69) is 29.3 Å². The van der Waals surface area contributed by atoms with Gasteiger partial charge in [0.25, 0.3) is 5.91 Å². The Morgan fingerprint density at radius 2 is 2.07 bits per heavy atom. The number of carbonyl (C=O) groups is 1. The molecule has 1 amide bonds. The second kappa shape index (κ2) is 7.46. The fraction of sp³-hybridized carbons (Fsp3) is 0.500. The first-order valence-corrected chi connectivity index (χ1v) is 10.2. The summed E-state index contributed by atoms with van der Waals surface area (Å²) < 4.78 is 1.80. The number of carbonyl (C=O) groups excluding carboxylic acids is 1. The molecule has 7 heteroatoms. The summed E-state index contributed by atoms with van der Waals surface area (Å²) in [5, 5.41) is 8.67. The van der Waals surface area contributed by atoms with E-state index in [1.807, 2.05) is 6.07 Å². The van der Waals surface area contributed by atoms with Crippen LogP contribution in [0, 0.1) is 0 Å². The predicted octanol–water partition coefficient (Wildman–Crippen LogP) is 4.27. The van der Waals surface area contributed by atoms with Crippen LogP contribution in [0.5, 0.6) is 0 Å². The van der Waals surface area contributed by atoms with Gasteiger partial charge in [0.2, 0.25) is 0 Å². The maximum absolute atomic E-state index is 12.9. The first kappa shape index (κ1) is 18.8. The van der Waals surface area contributed by atoms with Crippen LogP contribution in [0.25, 0.3) is 5.69 Å². The van der Waals surface area contributed by atoms with Crippen LogP contribution in [0.1, 0.15) is 54.6 Å². The summed E-state index contributed by atoms with van der Waals surface area (Å²) >= 11 is 12.4. The van der Waals surface area contributed by atoms with Crippen LogP contribution in [-0.2, 0) is 0 Å². The number of rotatable bonds is 7. The van der Waals surface area contributed by atoms with Crippen LogP contribution >= 0.6 is 23.2 Å². The van der Waals surface area contributed by atoms with Gasteiger partial charge in [0.15, 0.2) is 0 Å². The van der Waals surface area contributed by atoms with Crippen LogP contribution in [0.3, 0.4) is 0 Å². The third-order valence-electron chi connectivity index (χ3n) is 5.53. The molecule has 2 saturated carbocycles. The maximum atomic E-state index is 12.9. The molecule has 0 aliphatic heterocycles. The van der Waals surface area contributed by atoms with Gasteiger partial charge >= 0.3 is 0 Å². The fourth-order valence-electron chi connectivity index (χ4n) is 3.45. The molecule has 0 bridgehead atoms. The Bertz CT molecular complexity index is 858. The lowest BCUT2D eigenvalue weighted by Crippen LogP contribution is -2.41. The van der Waals surface area contributed by atoms with Crippen LogP contribution < -0.4 is 5.32 Å². The zero-order valence-electron chi connectivity index (χ0n) is 15.6. The molecule has 1 aromatic carbocycles. The van der Waals surface area contributed by atoms with E-state index in [0.29, 0.717) is 40.2 Å². The Labute approximate surface area is 169 Å². The second-order valence-electron chi connectivity index (χ2n) is 7.68. The third-order valence-corrected chi connectivity index (χ3v) is 6.07. The van der Waals surface area contributed by atoms with E-state index >= 15 is 0 Å². The molecule has 0 saturated heterocycles. The molecule has 0 radical (unpaired) electrons. The average molecular weight is 407 g/mol. The van der Waals surface area contributed by atoms with Crippen LogP contribution in [0.4, 0.5) is 0 Å². The number of hydrogen-bond donors (Lipinski definition) is 1. The Balaban J connectivity index is 1.54. The molecular weight excluding hydrogens is 383 g/mol. The van der Waals surface area contributed by atoms with E-state index in [1.54, 1.807) is 23.0 Å². The number of likely N-dealkylation sites (N-methyl/N-ethyl adjacent to an activating group) is 1. The monoisotopic (exact) mass is 406 g/mol. The van der Waals surface area contributed by atoms with E-state index in [1.165, 1.54) is 12.8 Å². The summed E-state index contributed by atoms with van der Waals surface area (Å²) in [6.07, 6.45) is 6.31. The fourth-order valence-corrected chi connectivity index (χ4v) is 3.94. The number of hydrogen-bond acceptors (Lipinski definition) is 3. The molecule has 0 spiro atoms. The van der Waals surface area contributed by atoms with Crippen molar-refractivity contribution in [2.75, 3.05) is 13.6 Å². The highest BCUT2D eigenvalue weighted by molar-refractivity contribution is 6.35. The van der Waals surface area contributed by atoms with Crippen molar-refractivity contribution in [3.8, 4) is 5.69 Å². The SMILES string of the molecule is CC(CNC(=O)c1cnn(-c2ccc(Cl)cc2Cl)c1C1CC1)N(C)C1CC1. The molecule has 27 heavy (non-hydrogen) atoms. The zero-order chi connectivity index (χ0) is 19.1. The topological polar surface area (TPSA) is 50.2 Å². The summed E-state index contributed by atoms with van der Waals surface area (Å²) in [6.45, 7) is 2.78. The van der Waals surface area contributed by atoms with Crippen LogP contribution in [-0.4, -0.2) is 46.3 Å². The number of amides is 1. The highest BCUT2D eigenvalue weighted by atomic mass is 35.5. The Morgan fingerprint density at radius 3 is 2.70 bits per heavy atom. The molecule has 1 unspecified atom stereocenters. The highest BCUT2D eigenvalue weighted by Crippen LogP contribution is 2.43. The quantitative estimate of drug-likeness (QED) is 0.746. The lowest BCUT2D eigenvalue weighted by Gasteiger charge is -2.24. The van der Waals surface area contributed by atoms with Crippen molar-refractivity contribution >= 4 is 29.1 Å². The molecule has 2 aliphatic rings. The van der Waals surface area contributed by atoms with Gasteiger partial charge in [-0.3, -0.25) is 9.69 Å². The normalized spacial score (nSPS) is 18.0.